The Labute approximate surface area is 113 Å². The van der Waals surface area contributed by atoms with E-state index >= 15 is 0 Å². The Kier molecular flexibility index (Phi) is 3.86. The molecule has 2 aliphatic heterocycles. The second-order valence-corrected chi connectivity index (χ2v) is 5.64. The molecule has 2 saturated heterocycles. The zero-order valence-electron chi connectivity index (χ0n) is 11.5. The van der Waals surface area contributed by atoms with E-state index in [4.69, 9.17) is 14.0 Å². The summed E-state index contributed by atoms with van der Waals surface area (Å²) in [5.74, 6) is 0.865. The van der Waals surface area contributed by atoms with Crippen molar-refractivity contribution in [3.63, 3.8) is 0 Å². The predicted molar refractivity (Wildman–Crippen MR) is 69.8 cm³/mol. The first-order chi connectivity index (χ1) is 9.26. The number of nitrogens with zero attached hydrogens (tertiary/aromatic N) is 1. The second kappa shape index (κ2) is 5.61. The lowest BCUT2D eigenvalue weighted by atomic mass is 9.84. The molecule has 0 amide bonds. The van der Waals surface area contributed by atoms with Crippen LogP contribution >= 0.6 is 0 Å². The van der Waals surface area contributed by atoms with Crippen LogP contribution in [-0.4, -0.2) is 36.6 Å². The van der Waals surface area contributed by atoms with Crippen molar-refractivity contribution >= 4 is 0 Å². The molecule has 106 valence electrons. The fraction of sp³-hybridized carbons (Fsp3) is 0.786. The van der Waals surface area contributed by atoms with Gasteiger partial charge < -0.3 is 19.3 Å². The Morgan fingerprint density at radius 1 is 1.37 bits per heavy atom. The Morgan fingerprint density at radius 2 is 2.21 bits per heavy atom. The largest absolute Gasteiger partial charge is 0.381 e. The number of aromatic nitrogens is 1. The first-order valence-corrected chi connectivity index (χ1v) is 7.13. The third kappa shape index (κ3) is 3.16. The number of rotatable bonds is 3. The predicted octanol–water partition coefficient (Wildman–Crippen LogP) is 1.80. The topological polar surface area (TPSA) is 56.5 Å². The lowest BCUT2D eigenvalue weighted by Gasteiger charge is -2.43. The molecule has 19 heavy (non-hydrogen) atoms. The summed E-state index contributed by atoms with van der Waals surface area (Å²) in [7, 11) is 0. The summed E-state index contributed by atoms with van der Waals surface area (Å²) in [6.07, 6.45) is 4.19. The summed E-state index contributed by atoms with van der Waals surface area (Å²) in [5.41, 5.74) is 1.03. The van der Waals surface area contributed by atoms with Crippen LogP contribution in [0.1, 0.15) is 37.1 Å². The Balaban J connectivity index is 1.53. The SMILES string of the molecule is Cc1cc(CNC2CCOC3(CCOCC3)C2)no1. The van der Waals surface area contributed by atoms with Crippen LogP contribution in [0.4, 0.5) is 0 Å². The van der Waals surface area contributed by atoms with Crippen LogP contribution in [0.15, 0.2) is 10.6 Å². The molecule has 0 radical (unpaired) electrons. The molecule has 2 fully saturated rings. The second-order valence-electron chi connectivity index (χ2n) is 5.64. The number of hydrogen-bond donors (Lipinski definition) is 1. The summed E-state index contributed by atoms with van der Waals surface area (Å²) in [4.78, 5) is 0. The van der Waals surface area contributed by atoms with Crippen molar-refractivity contribution in [2.24, 2.45) is 0 Å². The minimum atomic E-state index is 0.0495. The molecule has 1 spiro atoms. The fourth-order valence-corrected chi connectivity index (χ4v) is 3.04. The van der Waals surface area contributed by atoms with Gasteiger partial charge >= 0.3 is 0 Å². The van der Waals surface area contributed by atoms with Crippen LogP contribution in [0.3, 0.4) is 0 Å². The van der Waals surface area contributed by atoms with Crippen molar-refractivity contribution in [1.82, 2.24) is 10.5 Å². The van der Waals surface area contributed by atoms with Gasteiger partial charge in [0, 0.05) is 38.5 Å². The number of ether oxygens (including phenoxy) is 2. The number of aryl methyl sites for hydroxylation is 1. The highest BCUT2D eigenvalue weighted by atomic mass is 16.5. The molecule has 1 aromatic heterocycles. The molecular formula is C14H22N2O3. The van der Waals surface area contributed by atoms with Gasteiger partial charge in [-0.3, -0.25) is 0 Å². The molecule has 1 N–H and O–H groups in total. The molecular weight excluding hydrogens is 244 g/mol. The molecule has 1 unspecified atom stereocenters. The highest BCUT2D eigenvalue weighted by Crippen LogP contribution is 2.34. The maximum absolute atomic E-state index is 6.04. The van der Waals surface area contributed by atoms with Gasteiger partial charge in [-0.15, -0.1) is 0 Å². The molecule has 5 heteroatoms. The summed E-state index contributed by atoms with van der Waals surface area (Å²) in [6, 6.07) is 2.49. The van der Waals surface area contributed by atoms with Crippen molar-refractivity contribution in [2.75, 3.05) is 19.8 Å². The highest BCUT2D eigenvalue weighted by molar-refractivity contribution is 5.03. The molecule has 3 rings (SSSR count). The third-order valence-electron chi connectivity index (χ3n) is 4.15. The first-order valence-electron chi connectivity index (χ1n) is 7.13. The van der Waals surface area contributed by atoms with Crippen LogP contribution in [0, 0.1) is 6.92 Å². The van der Waals surface area contributed by atoms with Crippen molar-refractivity contribution in [2.45, 2.75) is 50.8 Å². The number of nitrogens with one attached hydrogen (secondary N) is 1. The number of hydrogen-bond acceptors (Lipinski definition) is 5. The molecule has 2 aliphatic rings. The molecule has 0 aromatic carbocycles. The van der Waals surface area contributed by atoms with Crippen molar-refractivity contribution in [3.05, 3.63) is 17.5 Å². The average Bonchev–Trinajstić information content (AvgIpc) is 2.83. The maximum atomic E-state index is 6.04. The van der Waals surface area contributed by atoms with Crippen LogP contribution in [-0.2, 0) is 16.0 Å². The Bertz CT molecular complexity index is 407. The minimum absolute atomic E-state index is 0.0495. The van der Waals surface area contributed by atoms with Crippen molar-refractivity contribution in [1.29, 1.82) is 0 Å². The van der Waals surface area contributed by atoms with E-state index in [-0.39, 0.29) is 5.60 Å². The van der Waals surface area contributed by atoms with Gasteiger partial charge in [-0.25, -0.2) is 0 Å². The van der Waals surface area contributed by atoms with E-state index in [1.54, 1.807) is 0 Å². The molecule has 1 atom stereocenters. The van der Waals surface area contributed by atoms with Gasteiger partial charge in [-0.1, -0.05) is 5.16 Å². The van der Waals surface area contributed by atoms with Gasteiger partial charge in [0.15, 0.2) is 0 Å². The van der Waals surface area contributed by atoms with Gasteiger partial charge in [0.1, 0.15) is 5.76 Å². The first kappa shape index (κ1) is 13.1. The van der Waals surface area contributed by atoms with Crippen LogP contribution in [0.2, 0.25) is 0 Å². The van der Waals surface area contributed by atoms with E-state index < -0.39 is 0 Å². The Hall–Kier alpha value is -0.910. The lowest BCUT2D eigenvalue weighted by molar-refractivity contribution is -0.140. The minimum Gasteiger partial charge on any atom is -0.381 e. The maximum Gasteiger partial charge on any atom is 0.133 e. The summed E-state index contributed by atoms with van der Waals surface area (Å²) in [5, 5.41) is 7.59. The molecule has 3 heterocycles. The van der Waals surface area contributed by atoms with Crippen LogP contribution < -0.4 is 5.32 Å². The molecule has 0 saturated carbocycles. The van der Waals surface area contributed by atoms with Crippen LogP contribution in [0.5, 0.6) is 0 Å². The van der Waals surface area contributed by atoms with Gasteiger partial charge in [-0.2, -0.15) is 0 Å². The highest BCUT2D eigenvalue weighted by Gasteiger charge is 2.38. The molecule has 1 aromatic rings. The van der Waals surface area contributed by atoms with Crippen LogP contribution in [0.25, 0.3) is 0 Å². The smallest absolute Gasteiger partial charge is 0.133 e. The van der Waals surface area contributed by atoms with Gasteiger partial charge in [0.25, 0.3) is 0 Å². The summed E-state index contributed by atoms with van der Waals surface area (Å²) < 4.78 is 16.6. The van der Waals surface area contributed by atoms with Gasteiger partial charge in [0.05, 0.1) is 11.3 Å². The summed E-state index contributed by atoms with van der Waals surface area (Å²) >= 11 is 0. The molecule has 5 nitrogen and oxygen atoms in total. The summed E-state index contributed by atoms with van der Waals surface area (Å²) in [6.45, 7) is 5.19. The monoisotopic (exact) mass is 266 g/mol. The van der Waals surface area contributed by atoms with Crippen molar-refractivity contribution < 1.29 is 14.0 Å². The van der Waals surface area contributed by atoms with Gasteiger partial charge in [0.2, 0.25) is 0 Å². The quantitative estimate of drug-likeness (QED) is 0.904. The van der Waals surface area contributed by atoms with Gasteiger partial charge in [-0.05, 0) is 32.6 Å². The Morgan fingerprint density at radius 3 is 2.95 bits per heavy atom. The van der Waals surface area contributed by atoms with E-state index in [1.807, 2.05) is 13.0 Å². The van der Waals surface area contributed by atoms with Crippen molar-refractivity contribution in [3.8, 4) is 0 Å². The lowest BCUT2D eigenvalue weighted by Crippen LogP contribution is -2.49. The normalized spacial score (nSPS) is 26.7. The zero-order valence-corrected chi connectivity index (χ0v) is 11.5. The standard InChI is InChI=1S/C14H22N2O3/c1-11-8-13(16-19-11)10-15-12-2-5-18-14(9-12)3-6-17-7-4-14/h8,12,15H,2-7,9-10H2,1H3. The van der Waals surface area contributed by atoms with E-state index in [0.717, 1.165) is 63.5 Å². The van der Waals surface area contributed by atoms with E-state index in [1.165, 1.54) is 0 Å². The van der Waals surface area contributed by atoms with E-state index in [9.17, 15) is 0 Å². The van der Waals surface area contributed by atoms with E-state index in [0.29, 0.717) is 6.04 Å². The van der Waals surface area contributed by atoms with E-state index in [2.05, 4.69) is 10.5 Å². The molecule has 0 bridgehead atoms. The molecule has 0 aliphatic carbocycles. The third-order valence-corrected chi connectivity index (χ3v) is 4.15. The zero-order chi connectivity index (χ0) is 13.1. The average molecular weight is 266 g/mol. The fourth-order valence-electron chi connectivity index (χ4n) is 3.04.